The predicted octanol–water partition coefficient (Wildman–Crippen LogP) is 3.62. The number of hydrogen-bond donors (Lipinski definition) is 3. The van der Waals surface area contributed by atoms with Gasteiger partial charge in [0.05, 0.1) is 29.9 Å². The van der Waals surface area contributed by atoms with E-state index in [1.54, 1.807) is 42.5 Å². The summed E-state index contributed by atoms with van der Waals surface area (Å²) in [6.07, 6.45) is -0.123. The number of nitrogens with one attached hydrogen (secondary N) is 2. The summed E-state index contributed by atoms with van der Waals surface area (Å²) in [7, 11) is 1.44. The van der Waals surface area contributed by atoms with Crippen molar-refractivity contribution in [3.8, 4) is 5.75 Å². The highest BCUT2D eigenvalue weighted by atomic mass is 35.5. The Morgan fingerprint density at radius 3 is 2.48 bits per heavy atom. The number of halogens is 1. The molecule has 0 atom stereocenters. The minimum absolute atomic E-state index is 0.123. The van der Waals surface area contributed by atoms with Gasteiger partial charge in [-0.2, -0.15) is 0 Å². The van der Waals surface area contributed by atoms with Crippen LogP contribution in [0.2, 0.25) is 5.02 Å². The second-order valence-electron chi connectivity index (χ2n) is 4.66. The van der Waals surface area contributed by atoms with Crippen molar-refractivity contribution in [3.05, 3.63) is 53.1 Å². The molecule has 2 aromatic carbocycles. The van der Waals surface area contributed by atoms with Crippen molar-refractivity contribution in [2.24, 2.45) is 0 Å². The lowest BCUT2D eigenvalue weighted by Crippen LogP contribution is -2.20. The summed E-state index contributed by atoms with van der Waals surface area (Å²) in [4.78, 5) is 22.8. The van der Waals surface area contributed by atoms with Gasteiger partial charge in [0.15, 0.2) is 0 Å². The molecule has 0 aromatic heterocycles. The Balaban J connectivity index is 2.11. The molecule has 0 bridgehead atoms. The molecule has 6 nitrogen and oxygen atoms in total. The first kappa shape index (κ1) is 16.6. The number of carbonyl (C=O) groups is 2. The number of anilines is 2. The highest BCUT2D eigenvalue weighted by Gasteiger charge is 2.11. The van der Waals surface area contributed by atoms with Crippen molar-refractivity contribution in [1.29, 1.82) is 0 Å². The molecule has 0 radical (unpaired) electrons. The van der Waals surface area contributed by atoms with Crippen LogP contribution in [0, 0.1) is 0 Å². The molecule has 0 aliphatic rings. The maximum Gasteiger partial charge on any atom is 0.323 e. The van der Waals surface area contributed by atoms with Crippen molar-refractivity contribution in [3.63, 3.8) is 0 Å². The van der Waals surface area contributed by atoms with Crippen molar-refractivity contribution >= 4 is 35.0 Å². The number of carboxylic acid groups (broad SMARTS) is 1. The number of urea groups is 1. The first-order chi connectivity index (χ1) is 11.0. The SMILES string of the molecule is COc1cc(CC(=O)O)ccc1NC(=O)Nc1ccccc1Cl. The number of benzene rings is 2. The molecule has 7 heteroatoms. The highest BCUT2D eigenvalue weighted by molar-refractivity contribution is 6.33. The van der Waals surface area contributed by atoms with Crippen LogP contribution in [0.15, 0.2) is 42.5 Å². The molecule has 2 rings (SSSR count). The lowest BCUT2D eigenvalue weighted by Gasteiger charge is -2.13. The molecule has 23 heavy (non-hydrogen) atoms. The average molecular weight is 335 g/mol. The number of rotatable bonds is 5. The van der Waals surface area contributed by atoms with E-state index < -0.39 is 12.0 Å². The number of carbonyl (C=O) groups excluding carboxylic acids is 1. The maximum absolute atomic E-state index is 12.0. The molecule has 0 saturated heterocycles. The maximum atomic E-state index is 12.0. The molecule has 0 saturated carbocycles. The molecule has 0 fully saturated rings. The van der Waals surface area contributed by atoms with Crippen LogP contribution in [0.4, 0.5) is 16.2 Å². The highest BCUT2D eigenvalue weighted by Crippen LogP contribution is 2.26. The summed E-state index contributed by atoms with van der Waals surface area (Å²) in [6, 6.07) is 11.1. The van der Waals surface area contributed by atoms with Crippen LogP contribution in [-0.2, 0) is 11.2 Å². The van der Waals surface area contributed by atoms with E-state index >= 15 is 0 Å². The van der Waals surface area contributed by atoms with E-state index in [1.165, 1.54) is 7.11 Å². The first-order valence-electron chi connectivity index (χ1n) is 6.71. The zero-order valence-electron chi connectivity index (χ0n) is 12.3. The molecular weight excluding hydrogens is 320 g/mol. The summed E-state index contributed by atoms with van der Waals surface area (Å²) in [6.45, 7) is 0. The second kappa shape index (κ2) is 7.51. The number of para-hydroxylation sites is 1. The smallest absolute Gasteiger partial charge is 0.323 e. The van der Waals surface area contributed by atoms with Gasteiger partial charge in [-0.3, -0.25) is 4.79 Å². The van der Waals surface area contributed by atoms with E-state index in [2.05, 4.69) is 10.6 Å². The number of ether oxygens (including phenoxy) is 1. The quantitative estimate of drug-likeness (QED) is 0.779. The number of carboxylic acids is 1. The fraction of sp³-hybridized carbons (Fsp3) is 0.125. The van der Waals surface area contributed by atoms with Gasteiger partial charge in [-0.25, -0.2) is 4.79 Å². The third kappa shape index (κ3) is 4.62. The van der Waals surface area contributed by atoms with E-state index in [0.717, 1.165) is 0 Å². The Hall–Kier alpha value is -2.73. The monoisotopic (exact) mass is 334 g/mol. The molecule has 0 heterocycles. The Morgan fingerprint density at radius 1 is 1.13 bits per heavy atom. The van der Waals surface area contributed by atoms with Crippen LogP contribution >= 0.6 is 11.6 Å². The van der Waals surface area contributed by atoms with E-state index in [0.29, 0.717) is 27.7 Å². The summed E-state index contributed by atoms with van der Waals surface area (Å²) in [5, 5.41) is 14.5. The second-order valence-corrected chi connectivity index (χ2v) is 5.07. The van der Waals surface area contributed by atoms with Gasteiger partial charge in [-0.1, -0.05) is 29.8 Å². The molecule has 0 aliphatic carbocycles. The Kier molecular flexibility index (Phi) is 5.43. The third-order valence-corrected chi connectivity index (χ3v) is 3.32. The third-order valence-electron chi connectivity index (χ3n) is 2.99. The molecule has 120 valence electrons. The summed E-state index contributed by atoms with van der Waals surface area (Å²) in [5.41, 5.74) is 1.48. The van der Waals surface area contributed by atoms with Crippen LogP contribution < -0.4 is 15.4 Å². The Bertz CT molecular complexity index is 734. The topological polar surface area (TPSA) is 87.7 Å². The molecule has 0 aliphatic heterocycles. The van der Waals surface area contributed by atoms with Crippen LogP contribution in [-0.4, -0.2) is 24.2 Å². The zero-order valence-corrected chi connectivity index (χ0v) is 13.1. The minimum Gasteiger partial charge on any atom is -0.495 e. The van der Waals surface area contributed by atoms with Gasteiger partial charge in [0.2, 0.25) is 0 Å². The fourth-order valence-corrected chi connectivity index (χ4v) is 2.14. The van der Waals surface area contributed by atoms with Gasteiger partial charge >= 0.3 is 12.0 Å². The number of hydrogen-bond acceptors (Lipinski definition) is 3. The average Bonchev–Trinajstić information content (AvgIpc) is 2.50. The molecule has 0 unspecified atom stereocenters. The van der Waals surface area contributed by atoms with Gasteiger partial charge in [-0.05, 0) is 29.8 Å². The van der Waals surface area contributed by atoms with Gasteiger partial charge in [-0.15, -0.1) is 0 Å². The number of amides is 2. The van der Waals surface area contributed by atoms with Crippen LogP contribution in [0.25, 0.3) is 0 Å². The molecule has 2 amide bonds. The Morgan fingerprint density at radius 2 is 1.83 bits per heavy atom. The lowest BCUT2D eigenvalue weighted by atomic mass is 10.1. The molecule has 0 spiro atoms. The fourth-order valence-electron chi connectivity index (χ4n) is 1.96. The predicted molar refractivity (Wildman–Crippen MR) is 88.4 cm³/mol. The van der Waals surface area contributed by atoms with Crippen LogP contribution in [0.3, 0.4) is 0 Å². The molecule has 3 N–H and O–H groups in total. The summed E-state index contributed by atoms with van der Waals surface area (Å²) >= 11 is 5.98. The minimum atomic E-state index is -0.941. The summed E-state index contributed by atoms with van der Waals surface area (Å²) in [5.74, 6) is -0.567. The van der Waals surface area contributed by atoms with Crippen LogP contribution in [0.1, 0.15) is 5.56 Å². The van der Waals surface area contributed by atoms with Gasteiger partial charge in [0, 0.05) is 0 Å². The number of methoxy groups -OCH3 is 1. The summed E-state index contributed by atoms with van der Waals surface area (Å²) < 4.78 is 5.18. The van der Waals surface area contributed by atoms with Crippen molar-refractivity contribution < 1.29 is 19.4 Å². The first-order valence-corrected chi connectivity index (χ1v) is 7.08. The lowest BCUT2D eigenvalue weighted by molar-refractivity contribution is -0.136. The van der Waals surface area contributed by atoms with E-state index in [9.17, 15) is 9.59 Å². The molecule has 2 aromatic rings. The van der Waals surface area contributed by atoms with Crippen molar-refractivity contribution in [1.82, 2.24) is 0 Å². The van der Waals surface area contributed by atoms with Gasteiger partial charge < -0.3 is 20.5 Å². The van der Waals surface area contributed by atoms with Gasteiger partial charge in [0.1, 0.15) is 5.75 Å². The Labute approximate surface area is 138 Å². The van der Waals surface area contributed by atoms with E-state index in [4.69, 9.17) is 21.4 Å². The van der Waals surface area contributed by atoms with Gasteiger partial charge in [0.25, 0.3) is 0 Å². The van der Waals surface area contributed by atoms with Crippen molar-refractivity contribution in [2.45, 2.75) is 6.42 Å². The zero-order chi connectivity index (χ0) is 16.8. The largest absolute Gasteiger partial charge is 0.495 e. The van der Waals surface area contributed by atoms with E-state index in [-0.39, 0.29) is 6.42 Å². The number of aliphatic carboxylic acids is 1. The normalized spacial score (nSPS) is 10.0. The molecular formula is C16H15ClN2O4. The van der Waals surface area contributed by atoms with Crippen LogP contribution in [0.5, 0.6) is 5.75 Å². The van der Waals surface area contributed by atoms with E-state index in [1.807, 2.05) is 0 Å². The standard InChI is InChI=1S/C16H15ClN2O4/c1-23-14-8-10(9-15(20)21)6-7-13(14)19-16(22)18-12-5-3-2-4-11(12)17/h2-8H,9H2,1H3,(H,20,21)(H2,18,19,22). The van der Waals surface area contributed by atoms with Crippen molar-refractivity contribution in [2.75, 3.05) is 17.7 Å².